The minimum atomic E-state index is 0.0507. The summed E-state index contributed by atoms with van der Waals surface area (Å²) in [7, 11) is 0. The second-order valence-corrected chi connectivity index (χ2v) is 8.81. The van der Waals surface area contributed by atoms with E-state index in [0.29, 0.717) is 18.7 Å². The molecule has 0 spiro atoms. The molecule has 5 rings (SSSR count). The van der Waals surface area contributed by atoms with Gasteiger partial charge in [-0.2, -0.15) is 5.21 Å². The van der Waals surface area contributed by atoms with Crippen LogP contribution in [0.2, 0.25) is 0 Å². The standard InChI is InChI=1S/C27H29N5O3/c33-27(21-13-11-20(12-14-21)24-9-6-18-35-24)32(23-15-16-23)19-22-7-3-4-8-25(22)34-17-5-1-2-10-26-28-30-31-29-26/h3-4,6-9,11-14,18,23H,1-2,5,10,15-17,19H2,(H,28,29,30,31). The molecule has 8 nitrogen and oxygen atoms in total. The molecule has 0 unspecified atom stereocenters. The Balaban J connectivity index is 1.18. The second kappa shape index (κ2) is 11.0. The highest BCUT2D eigenvalue weighted by Crippen LogP contribution is 2.32. The van der Waals surface area contributed by atoms with Crippen LogP contribution in [0.3, 0.4) is 0 Å². The molecule has 1 saturated carbocycles. The van der Waals surface area contributed by atoms with Crippen LogP contribution < -0.4 is 4.74 Å². The molecular weight excluding hydrogens is 442 g/mol. The maximum Gasteiger partial charge on any atom is 0.254 e. The lowest BCUT2D eigenvalue weighted by molar-refractivity contribution is 0.0728. The van der Waals surface area contributed by atoms with E-state index in [1.807, 2.05) is 65.6 Å². The first kappa shape index (κ1) is 22.8. The zero-order valence-electron chi connectivity index (χ0n) is 19.6. The molecule has 2 heterocycles. The molecule has 0 aliphatic heterocycles. The highest BCUT2D eigenvalue weighted by Gasteiger charge is 2.33. The summed E-state index contributed by atoms with van der Waals surface area (Å²) >= 11 is 0. The number of rotatable bonds is 12. The number of tetrazole rings is 1. The van der Waals surface area contributed by atoms with Gasteiger partial charge in [0, 0.05) is 35.7 Å². The van der Waals surface area contributed by atoms with Gasteiger partial charge in [0.2, 0.25) is 0 Å². The van der Waals surface area contributed by atoms with Crippen LogP contribution in [0.25, 0.3) is 11.3 Å². The van der Waals surface area contributed by atoms with E-state index < -0.39 is 0 Å². The number of ether oxygens (including phenoxy) is 1. The fourth-order valence-electron chi connectivity index (χ4n) is 4.13. The van der Waals surface area contributed by atoms with Crippen molar-refractivity contribution in [3.05, 3.63) is 83.9 Å². The highest BCUT2D eigenvalue weighted by molar-refractivity contribution is 5.95. The van der Waals surface area contributed by atoms with Gasteiger partial charge in [0.15, 0.2) is 5.82 Å². The van der Waals surface area contributed by atoms with Crippen LogP contribution in [0, 0.1) is 0 Å². The molecule has 1 aliphatic rings. The number of aryl methyl sites for hydroxylation is 1. The number of H-pyrrole nitrogens is 1. The smallest absolute Gasteiger partial charge is 0.254 e. The molecule has 8 heteroatoms. The Morgan fingerprint density at radius 1 is 1.03 bits per heavy atom. The summed E-state index contributed by atoms with van der Waals surface area (Å²) in [5.74, 6) is 2.44. The lowest BCUT2D eigenvalue weighted by Crippen LogP contribution is -2.32. The average Bonchev–Trinajstić information content (AvgIpc) is 3.33. The van der Waals surface area contributed by atoms with Gasteiger partial charge in [-0.3, -0.25) is 4.79 Å². The van der Waals surface area contributed by atoms with Gasteiger partial charge in [-0.1, -0.05) is 35.5 Å². The van der Waals surface area contributed by atoms with Crippen LogP contribution in [-0.2, 0) is 13.0 Å². The Labute approximate surface area is 204 Å². The molecule has 0 radical (unpaired) electrons. The molecule has 1 fully saturated rings. The number of amides is 1. The van der Waals surface area contributed by atoms with Crippen LogP contribution in [-0.4, -0.2) is 44.1 Å². The number of benzene rings is 2. The number of furan rings is 1. The summed E-state index contributed by atoms with van der Waals surface area (Å²) in [5.41, 5.74) is 2.68. The third-order valence-corrected chi connectivity index (χ3v) is 6.19. The van der Waals surface area contributed by atoms with E-state index in [2.05, 4.69) is 20.6 Å². The van der Waals surface area contributed by atoms with E-state index in [1.54, 1.807) is 6.26 Å². The first-order chi connectivity index (χ1) is 17.3. The lowest BCUT2D eigenvalue weighted by atomic mass is 10.1. The second-order valence-electron chi connectivity index (χ2n) is 8.81. The third kappa shape index (κ3) is 5.95. The van der Waals surface area contributed by atoms with Gasteiger partial charge in [0.1, 0.15) is 11.5 Å². The number of para-hydroxylation sites is 1. The monoisotopic (exact) mass is 471 g/mol. The van der Waals surface area contributed by atoms with Crippen LogP contribution in [0.4, 0.5) is 0 Å². The van der Waals surface area contributed by atoms with Crippen molar-refractivity contribution < 1.29 is 13.9 Å². The van der Waals surface area contributed by atoms with Crippen LogP contribution >= 0.6 is 0 Å². The number of unbranched alkanes of at least 4 members (excludes halogenated alkanes) is 2. The van der Waals surface area contributed by atoms with Gasteiger partial charge < -0.3 is 14.1 Å². The third-order valence-electron chi connectivity index (χ3n) is 6.19. The Hall–Kier alpha value is -3.94. The number of aromatic amines is 1. The fraction of sp³-hybridized carbons (Fsp3) is 0.333. The SMILES string of the molecule is O=C(c1ccc(-c2ccco2)cc1)N(Cc1ccccc1OCCCCCc1nn[nH]n1)C1CC1. The molecular formula is C27H29N5O3. The van der Waals surface area contributed by atoms with E-state index in [4.69, 9.17) is 9.15 Å². The van der Waals surface area contributed by atoms with Crippen molar-refractivity contribution in [3.63, 3.8) is 0 Å². The number of carbonyl (C=O) groups excluding carboxylic acids is 1. The quantitative estimate of drug-likeness (QED) is 0.290. The van der Waals surface area contributed by atoms with Gasteiger partial charge in [-0.05, 0) is 62.4 Å². The lowest BCUT2D eigenvalue weighted by Gasteiger charge is -2.24. The first-order valence-corrected chi connectivity index (χ1v) is 12.2. The largest absolute Gasteiger partial charge is 0.493 e. The van der Waals surface area contributed by atoms with Crippen molar-refractivity contribution in [1.29, 1.82) is 0 Å². The highest BCUT2D eigenvalue weighted by atomic mass is 16.5. The molecule has 0 bridgehead atoms. The summed E-state index contributed by atoms with van der Waals surface area (Å²) in [5, 5.41) is 14.0. The zero-order chi connectivity index (χ0) is 23.9. The Bertz CT molecular complexity index is 1200. The number of carbonyl (C=O) groups is 1. The topological polar surface area (TPSA) is 97.1 Å². The molecule has 0 atom stereocenters. The van der Waals surface area contributed by atoms with Crippen molar-refractivity contribution >= 4 is 5.91 Å². The van der Waals surface area contributed by atoms with Crippen molar-refractivity contribution in [1.82, 2.24) is 25.5 Å². The van der Waals surface area contributed by atoms with Crippen molar-refractivity contribution in [2.24, 2.45) is 0 Å². The summed E-state index contributed by atoms with van der Waals surface area (Å²) in [6.07, 6.45) is 7.51. The summed E-state index contributed by atoms with van der Waals surface area (Å²) < 4.78 is 11.6. The zero-order valence-corrected chi connectivity index (χ0v) is 19.6. The first-order valence-electron chi connectivity index (χ1n) is 12.2. The van der Waals surface area contributed by atoms with Gasteiger partial charge in [0.25, 0.3) is 5.91 Å². The predicted molar refractivity (Wildman–Crippen MR) is 131 cm³/mol. The van der Waals surface area contributed by atoms with Gasteiger partial charge in [-0.25, -0.2) is 0 Å². The molecule has 1 aliphatic carbocycles. The number of aromatic nitrogens is 4. The van der Waals surface area contributed by atoms with Crippen LogP contribution in [0.1, 0.15) is 53.8 Å². The molecule has 2 aromatic heterocycles. The van der Waals surface area contributed by atoms with E-state index in [9.17, 15) is 4.79 Å². The van der Waals surface area contributed by atoms with Crippen LogP contribution in [0.15, 0.2) is 71.3 Å². The molecule has 180 valence electrons. The molecule has 35 heavy (non-hydrogen) atoms. The van der Waals surface area contributed by atoms with Crippen molar-refractivity contribution in [3.8, 4) is 17.1 Å². The van der Waals surface area contributed by atoms with Crippen molar-refractivity contribution in [2.75, 3.05) is 6.61 Å². The summed E-state index contributed by atoms with van der Waals surface area (Å²) in [4.78, 5) is 15.4. The van der Waals surface area contributed by atoms with E-state index >= 15 is 0 Å². The number of hydrogen-bond acceptors (Lipinski definition) is 6. The number of nitrogens with zero attached hydrogens (tertiary/aromatic N) is 4. The summed E-state index contributed by atoms with van der Waals surface area (Å²) in [6, 6.07) is 19.7. The molecule has 4 aromatic rings. The number of hydrogen-bond donors (Lipinski definition) is 1. The molecule has 0 saturated heterocycles. The van der Waals surface area contributed by atoms with Crippen molar-refractivity contribution in [2.45, 2.75) is 51.1 Å². The molecule has 1 amide bonds. The number of nitrogens with one attached hydrogen (secondary N) is 1. The van der Waals surface area contributed by atoms with Gasteiger partial charge >= 0.3 is 0 Å². The van der Waals surface area contributed by atoms with Gasteiger partial charge in [0.05, 0.1) is 12.9 Å². The maximum atomic E-state index is 13.4. The minimum Gasteiger partial charge on any atom is -0.493 e. The van der Waals surface area contributed by atoms with E-state index in [1.165, 1.54) is 0 Å². The van der Waals surface area contributed by atoms with E-state index in [0.717, 1.165) is 67.0 Å². The Morgan fingerprint density at radius 2 is 1.89 bits per heavy atom. The minimum absolute atomic E-state index is 0.0507. The predicted octanol–water partition coefficient (Wildman–Crippen LogP) is 5.06. The van der Waals surface area contributed by atoms with E-state index in [-0.39, 0.29) is 11.9 Å². The fourth-order valence-corrected chi connectivity index (χ4v) is 4.13. The molecule has 2 aromatic carbocycles. The van der Waals surface area contributed by atoms with Crippen LogP contribution in [0.5, 0.6) is 5.75 Å². The average molecular weight is 472 g/mol. The molecule has 1 N–H and O–H groups in total. The maximum absolute atomic E-state index is 13.4. The Kier molecular flexibility index (Phi) is 7.17. The van der Waals surface area contributed by atoms with Gasteiger partial charge in [-0.15, -0.1) is 10.2 Å². The normalized spacial score (nSPS) is 13.0. The Morgan fingerprint density at radius 3 is 2.63 bits per heavy atom. The summed E-state index contributed by atoms with van der Waals surface area (Å²) in [6.45, 7) is 1.17.